The summed E-state index contributed by atoms with van der Waals surface area (Å²) < 4.78 is 0. The van der Waals surface area contributed by atoms with Crippen molar-refractivity contribution in [3.8, 4) is 0 Å². The lowest BCUT2D eigenvalue weighted by Gasteiger charge is -2.22. The third-order valence-corrected chi connectivity index (χ3v) is 4.35. The molecule has 1 aromatic carbocycles. The Kier molecular flexibility index (Phi) is 5.04. The minimum atomic E-state index is -0.525. The zero-order chi connectivity index (χ0) is 13.0. The highest BCUT2D eigenvalue weighted by Crippen LogP contribution is 2.28. The summed E-state index contributed by atoms with van der Waals surface area (Å²) in [7, 11) is 0. The number of rotatable bonds is 5. The fourth-order valence-electron chi connectivity index (χ4n) is 2.78. The Labute approximate surface area is 114 Å². The molecule has 0 amide bonds. The van der Waals surface area contributed by atoms with Crippen LogP contribution in [0.3, 0.4) is 0 Å². The molecule has 18 heavy (non-hydrogen) atoms. The standard InChI is InChI=1S/C15H22ClNO/c1-11(12-6-2-3-7-12)17-10-15(18)13-8-4-5-9-14(13)16/h4-5,8-9,11-12,15,17-18H,2-3,6-7,10H2,1H3/t11-,15?/m0/s1. The molecule has 3 heteroatoms. The van der Waals surface area contributed by atoms with Crippen LogP contribution in [-0.2, 0) is 0 Å². The first kappa shape index (κ1) is 13.9. The van der Waals surface area contributed by atoms with E-state index in [1.54, 1.807) is 0 Å². The van der Waals surface area contributed by atoms with Crippen LogP contribution in [0.25, 0.3) is 0 Å². The molecule has 2 rings (SSSR count). The van der Waals surface area contributed by atoms with Crippen molar-refractivity contribution in [3.63, 3.8) is 0 Å². The SMILES string of the molecule is C[C@H](NCC(O)c1ccccc1Cl)C1CCCC1. The maximum absolute atomic E-state index is 10.1. The normalized spacial score (nSPS) is 19.9. The van der Waals surface area contributed by atoms with Gasteiger partial charge >= 0.3 is 0 Å². The summed E-state index contributed by atoms with van der Waals surface area (Å²) in [6.07, 6.45) is 4.81. The van der Waals surface area contributed by atoms with Crippen molar-refractivity contribution < 1.29 is 5.11 Å². The molecule has 1 saturated carbocycles. The summed E-state index contributed by atoms with van der Waals surface area (Å²) in [6.45, 7) is 2.79. The zero-order valence-corrected chi connectivity index (χ0v) is 11.7. The van der Waals surface area contributed by atoms with Crippen LogP contribution in [0.15, 0.2) is 24.3 Å². The molecule has 0 saturated heterocycles. The van der Waals surface area contributed by atoms with Crippen molar-refractivity contribution in [1.82, 2.24) is 5.32 Å². The lowest BCUT2D eigenvalue weighted by Crippen LogP contribution is -2.35. The van der Waals surface area contributed by atoms with Gasteiger partial charge in [0.05, 0.1) is 6.10 Å². The summed E-state index contributed by atoms with van der Waals surface area (Å²) in [5.74, 6) is 0.767. The summed E-state index contributed by atoms with van der Waals surface area (Å²) in [6, 6.07) is 7.97. The van der Waals surface area contributed by atoms with Gasteiger partial charge in [0.1, 0.15) is 0 Å². The lowest BCUT2D eigenvalue weighted by atomic mass is 9.99. The molecule has 2 atom stereocenters. The van der Waals surface area contributed by atoms with Crippen LogP contribution in [-0.4, -0.2) is 17.7 Å². The van der Waals surface area contributed by atoms with E-state index in [-0.39, 0.29) is 0 Å². The van der Waals surface area contributed by atoms with E-state index in [9.17, 15) is 5.11 Å². The Morgan fingerprint density at radius 3 is 2.67 bits per heavy atom. The molecule has 0 heterocycles. The van der Waals surface area contributed by atoms with Gasteiger partial charge in [0, 0.05) is 23.2 Å². The molecule has 0 bridgehead atoms. The molecule has 1 aliphatic carbocycles. The van der Waals surface area contributed by atoms with Crippen LogP contribution in [0, 0.1) is 5.92 Å². The molecule has 0 radical (unpaired) electrons. The monoisotopic (exact) mass is 267 g/mol. The smallest absolute Gasteiger partial charge is 0.0928 e. The van der Waals surface area contributed by atoms with Crippen LogP contribution in [0.1, 0.15) is 44.3 Å². The predicted octanol–water partition coefficient (Wildman–Crippen LogP) is 3.54. The van der Waals surface area contributed by atoms with Crippen LogP contribution in [0.4, 0.5) is 0 Å². The topological polar surface area (TPSA) is 32.3 Å². The van der Waals surface area contributed by atoms with E-state index in [0.29, 0.717) is 17.6 Å². The van der Waals surface area contributed by atoms with E-state index in [2.05, 4.69) is 12.2 Å². The second kappa shape index (κ2) is 6.55. The maximum atomic E-state index is 10.1. The average Bonchev–Trinajstić information content (AvgIpc) is 2.90. The lowest BCUT2D eigenvalue weighted by molar-refractivity contribution is 0.165. The molecule has 2 N–H and O–H groups in total. The van der Waals surface area contributed by atoms with E-state index >= 15 is 0 Å². The Morgan fingerprint density at radius 1 is 1.33 bits per heavy atom. The molecule has 2 nitrogen and oxygen atoms in total. The highest BCUT2D eigenvalue weighted by molar-refractivity contribution is 6.31. The summed E-state index contributed by atoms with van der Waals surface area (Å²) in [4.78, 5) is 0. The highest BCUT2D eigenvalue weighted by Gasteiger charge is 2.22. The van der Waals surface area contributed by atoms with E-state index in [1.165, 1.54) is 25.7 Å². The van der Waals surface area contributed by atoms with E-state index in [0.717, 1.165) is 11.5 Å². The van der Waals surface area contributed by atoms with Gasteiger partial charge in [-0.05, 0) is 31.7 Å². The van der Waals surface area contributed by atoms with Crippen LogP contribution in [0.2, 0.25) is 5.02 Å². The van der Waals surface area contributed by atoms with Gasteiger partial charge < -0.3 is 10.4 Å². The minimum Gasteiger partial charge on any atom is -0.387 e. The first-order valence-corrected chi connectivity index (χ1v) is 7.22. The Bertz CT molecular complexity index is 377. The molecule has 100 valence electrons. The van der Waals surface area contributed by atoms with E-state index < -0.39 is 6.10 Å². The largest absolute Gasteiger partial charge is 0.387 e. The summed E-state index contributed by atoms with van der Waals surface area (Å²) in [5, 5.41) is 14.2. The number of benzene rings is 1. The van der Waals surface area contributed by atoms with E-state index in [4.69, 9.17) is 11.6 Å². The predicted molar refractivity (Wildman–Crippen MR) is 75.8 cm³/mol. The average molecular weight is 268 g/mol. The molecule has 1 unspecified atom stereocenters. The molecule has 1 aliphatic rings. The van der Waals surface area contributed by atoms with Gasteiger partial charge in [-0.15, -0.1) is 0 Å². The molecule has 1 aromatic rings. The van der Waals surface area contributed by atoms with Crippen molar-refractivity contribution in [2.45, 2.75) is 44.8 Å². The van der Waals surface area contributed by atoms with Gasteiger partial charge in [0.2, 0.25) is 0 Å². The van der Waals surface area contributed by atoms with Crippen LogP contribution >= 0.6 is 11.6 Å². The Hall–Kier alpha value is -0.570. The van der Waals surface area contributed by atoms with Crippen LogP contribution in [0.5, 0.6) is 0 Å². The van der Waals surface area contributed by atoms with Crippen molar-refractivity contribution in [2.24, 2.45) is 5.92 Å². The molecule has 0 spiro atoms. The maximum Gasteiger partial charge on any atom is 0.0928 e. The number of hydrogen-bond acceptors (Lipinski definition) is 2. The van der Waals surface area contributed by atoms with Crippen molar-refractivity contribution >= 4 is 11.6 Å². The first-order valence-electron chi connectivity index (χ1n) is 6.84. The van der Waals surface area contributed by atoms with E-state index in [1.807, 2.05) is 24.3 Å². The molecular weight excluding hydrogens is 246 g/mol. The minimum absolute atomic E-state index is 0.477. The molecular formula is C15H22ClNO. The number of halogens is 1. The molecule has 0 aromatic heterocycles. The Balaban J connectivity index is 1.84. The number of hydrogen-bond donors (Lipinski definition) is 2. The van der Waals surface area contributed by atoms with Crippen molar-refractivity contribution in [1.29, 1.82) is 0 Å². The quantitative estimate of drug-likeness (QED) is 0.855. The van der Waals surface area contributed by atoms with Crippen molar-refractivity contribution in [3.05, 3.63) is 34.9 Å². The zero-order valence-electron chi connectivity index (χ0n) is 10.9. The number of nitrogens with one attached hydrogen (secondary N) is 1. The second-order valence-corrected chi connectivity index (χ2v) is 5.69. The van der Waals surface area contributed by atoms with Gasteiger partial charge in [0.15, 0.2) is 0 Å². The molecule has 0 aliphatic heterocycles. The van der Waals surface area contributed by atoms with Gasteiger partial charge in [-0.25, -0.2) is 0 Å². The molecule has 1 fully saturated rings. The summed E-state index contributed by atoms with van der Waals surface area (Å²) >= 11 is 6.07. The van der Waals surface area contributed by atoms with Gasteiger partial charge in [-0.2, -0.15) is 0 Å². The second-order valence-electron chi connectivity index (χ2n) is 5.28. The van der Waals surface area contributed by atoms with Crippen molar-refractivity contribution in [2.75, 3.05) is 6.54 Å². The number of aliphatic hydroxyl groups excluding tert-OH is 1. The number of aliphatic hydroxyl groups is 1. The third kappa shape index (κ3) is 3.47. The fraction of sp³-hybridized carbons (Fsp3) is 0.600. The van der Waals surface area contributed by atoms with Gasteiger partial charge in [0.25, 0.3) is 0 Å². The third-order valence-electron chi connectivity index (χ3n) is 4.00. The first-order chi connectivity index (χ1) is 8.68. The fourth-order valence-corrected chi connectivity index (χ4v) is 3.04. The highest BCUT2D eigenvalue weighted by atomic mass is 35.5. The van der Waals surface area contributed by atoms with Crippen LogP contribution < -0.4 is 5.32 Å². The van der Waals surface area contributed by atoms with Gasteiger partial charge in [-0.1, -0.05) is 42.6 Å². The van der Waals surface area contributed by atoms with Gasteiger partial charge in [-0.3, -0.25) is 0 Å². The summed E-state index contributed by atoms with van der Waals surface area (Å²) in [5.41, 5.74) is 0.810. The Morgan fingerprint density at radius 2 is 2.00 bits per heavy atom.